The normalized spacial score (nSPS) is 23.5. The number of amides is 3. The van der Waals surface area contributed by atoms with E-state index in [2.05, 4.69) is 25.7 Å². The number of likely N-dealkylation sites (tertiary alicyclic amines) is 1. The standard InChI is InChI=1S/C14H25N3O2/c1-5-7-11-14(3,4)8-6-9-17(11)12(18)10(2)16-13(15)19/h5,10-11H,1,6-9H2,2-4H3,(H3,15,16,19)/t10-,11-/m0/s1. The van der Waals surface area contributed by atoms with Crippen LogP contribution in [0.25, 0.3) is 0 Å². The van der Waals surface area contributed by atoms with Crippen molar-refractivity contribution in [1.29, 1.82) is 0 Å². The van der Waals surface area contributed by atoms with Crippen LogP contribution in [0.3, 0.4) is 0 Å². The number of nitrogens with zero attached hydrogens (tertiary/aromatic N) is 1. The smallest absolute Gasteiger partial charge is 0.312 e. The lowest BCUT2D eigenvalue weighted by molar-refractivity contribution is -0.140. The highest BCUT2D eigenvalue weighted by Gasteiger charge is 2.40. The number of urea groups is 1. The Bertz CT molecular complexity index is 366. The van der Waals surface area contributed by atoms with Crippen molar-refractivity contribution >= 4 is 11.9 Å². The average Bonchev–Trinajstić information content (AvgIpc) is 2.29. The van der Waals surface area contributed by atoms with Crippen LogP contribution in [0.4, 0.5) is 4.79 Å². The molecule has 1 heterocycles. The number of piperidine rings is 1. The number of hydrogen-bond acceptors (Lipinski definition) is 2. The number of primary amides is 1. The van der Waals surface area contributed by atoms with Gasteiger partial charge in [0.1, 0.15) is 6.04 Å². The van der Waals surface area contributed by atoms with Crippen molar-refractivity contribution in [3.8, 4) is 0 Å². The zero-order valence-electron chi connectivity index (χ0n) is 12.1. The fourth-order valence-electron chi connectivity index (χ4n) is 2.84. The van der Waals surface area contributed by atoms with Crippen molar-refractivity contribution in [1.82, 2.24) is 10.2 Å². The van der Waals surface area contributed by atoms with Crippen molar-refractivity contribution in [3.05, 3.63) is 12.7 Å². The lowest BCUT2D eigenvalue weighted by Crippen LogP contribution is -2.57. The summed E-state index contributed by atoms with van der Waals surface area (Å²) >= 11 is 0. The summed E-state index contributed by atoms with van der Waals surface area (Å²) in [6.07, 6.45) is 4.69. The van der Waals surface area contributed by atoms with Gasteiger partial charge in [0, 0.05) is 12.6 Å². The maximum atomic E-state index is 12.4. The molecule has 0 aromatic rings. The Labute approximate surface area is 115 Å². The van der Waals surface area contributed by atoms with Crippen LogP contribution in [-0.4, -0.2) is 35.5 Å². The van der Waals surface area contributed by atoms with Gasteiger partial charge in [0.15, 0.2) is 0 Å². The van der Waals surface area contributed by atoms with E-state index >= 15 is 0 Å². The zero-order chi connectivity index (χ0) is 14.6. The molecule has 1 rings (SSSR count). The molecule has 0 aromatic carbocycles. The molecule has 0 radical (unpaired) electrons. The van der Waals surface area contributed by atoms with E-state index in [4.69, 9.17) is 5.73 Å². The molecule has 3 N–H and O–H groups in total. The molecule has 0 saturated carbocycles. The lowest BCUT2D eigenvalue weighted by atomic mass is 9.75. The maximum absolute atomic E-state index is 12.4. The summed E-state index contributed by atoms with van der Waals surface area (Å²) in [4.78, 5) is 25.2. The van der Waals surface area contributed by atoms with Crippen LogP contribution in [0.2, 0.25) is 0 Å². The van der Waals surface area contributed by atoms with Crippen LogP contribution < -0.4 is 11.1 Å². The summed E-state index contributed by atoms with van der Waals surface area (Å²) in [6.45, 7) is 10.5. The molecule has 0 bridgehead atoms. The van der Waals surface area contributed by atoms with E-state index in [1.54, 1.807) is 6.92 Å². The third-order valence-corrected chi connectivity index (χ3v) is 3.90. The first kappa shape index (κ1) is 15.5. The molecule has 1 aliphatic heterocycles. The highest BCUT2D eigenvalue weighted by molar-refractivity contribution is 5.86. The maximum Gasteiger partial charge on any atom is 0.312 e. The van der Waals surface area contributed by atoms with Gasteiger partial charge in [-0.1, -0.05) is 19.9 Å². The summed E-state index contributed by atoms with van der Waals surface area (Å²) < 4.78 is 0. The molecule has 0 spiro atoms. The van der Waals surface area contributed by atoms with Crippen LogP contribution in [-0.2, 0) is 4.79 Å². The molecule has 0 aliphatic carbocycles. The second kappa shape index (κ2) is 6.08. The third kappa shape index (κ3) is 3.72. The molecule has 1 saturated heterocycles. The summed E-state index contributed by atoms with van der Waals surface area (Å²) in [5.41, 5.74) is 5.13. The number of hydrogen-bond donors (Lipinski definition) is 2. The van der Waals surface area contributed by atoms with E-state index in [1.807, 2.05) is 11.0 Å². The van der Waals surface area contributed by atoms with E-state index in [0.717, 1.165) is 25.8 Å². The van der Waals surface area contributed by atoms with Crippen LogP contribution >= 0.6 is 0 Å². The molecular weight excluding hydrogens is 242 g/mol. The van der Waals surface area contributed by atoms with E-state index in [0.29, 0.717) is 0 Å². The minimum absolute atomic E-state index is 0.0640. The minimum Gasteiger partial charge on any atom is -0.352 e. The largest absolute Gasteiger partial charge is 0.352 e. The molecule has 2 atom stereocenters. The highest BCUT2D eigenvalue weighted by atomic mass is 16.2. The van der Waals surface area contributed by atoms with Crippen molar-refractivity contribution in [2.45, 2.75) is 52.1 Å². The fraction of sp³-hybridized carbons (Fsp3) is 0.714. The van der Waals surface area contributed by atoms with Gasteiger partial charge in [0.25, 0.3) is 0 Å². The molecule has 108 valence electrons. The quantitative estimate of drug-likeness (QED) is 0.760. The molecule has 0 unspecified atom stereocenters. The third-order valence-electron chi connectivity index (χ3n) is 3.90. The molecule has 0 aromatic heterocycles. The van der Waals surface area contributed by atoms with Gasteiger partial charge in [-0.15, -0.1) is 6.58 Å². The summed E-state index contributed by atoms with van der Waals surface area (Å²) in [7, 11) is 0. The monoisotopic (exact) mass is 267 g/mol. The number of nitrogens with two attached hydrogens (primary N) is 1. The Balaban J connectivity index is 2.85. The van der Waals surface area contributed by atoms with Crippen LogP contribution in [0.15, 0.2) is 12.7 Å². The number of nitrogens with one attached hydrogen (secondary N) is 1. The van der Waals surface area contributed by atoms with E-state index in [9.17, 15) is 9.59 Å². The Morgan fingerprint density at radius 1 is 1.58 bits per heavy atom. The summed E-state index contributed by atoms with van der Waals surface area (Å²) in [5.74, 6) is -0.0709. The Morgan fingerprint density at radius 3 is 2.74 bits per heavy atom. The number of carbonyl (C=O) groups is 2. The first-order valence-electron chi connectivity index (χ1n) is 6.77. The van der Waals surface area contributed by atoms with Gasteiger partial charge in [-0.2, -0.15) is 0 Å². The van der Waals surface area contributed by atoms with Gasteiger partial charge in [-0.3, -0.25) is 4.79 Å². The van der Waals surface area contributed by atoms with Crippen LogP contribution in [0, 0.1) is 5.41 Å². The van der Waals surface area contributed by atoms with Gasteiger partial charge in [-0.05, 0) is 31.6 Å². The van der Waals surface area contributed by atoms with Gasteiger partial charge in [-0.25, -0.2) is 4.79 Å². The molecule has 5 nitrogen and oxygen atoms in total. The molecule has 1 aliphatic rings. The molecule has 3 amide bonds. The van der Waals surface area contributed by atoms with E-state index in [1.165, 1.54) is 0 Å². The Hall–Kier alpha value is -1.52. The van der Waals surface area contributed by atoms with Gasteiger partial charge in [0.2, 0.25) is 5.91 Å². The lowest BCUT2D eigenvalue weighted by Gasteiger charge is -2.47. The Morgan fingerprint density at radius 2 is 2.21 bits per heavy atom. The minimum atomic E-state index is -0.669. The first-order valence-corrected chi connectivity index (χ1v) is 6.77. The second-order valence-corrected chi connectivity index (χ2v) is 5.89. The second-order valence-electron chi connectivity index (χ2n) is 5.89. The van der Waals surface area contributed by atoms with Crippen molar-refractivity contribution in [3.63, 3.8) is 0 Å². The molecule has 5 heteroatoms. The van der Waals surface area contributed by atoms with Crippen molar-refractivity contribution in [2.75, 3.05) is 6.54 Å². The van der Waals surface area contributed by atoms with Crippen molar-refractivity contribution in [2.24, 2.45) is 11.1 Å². The average molecular weight is 267 g/mol. The molecule has 19 heavy (non-hydrogen) atoms. The fourth-order valence-corrected chi connectivity index (χ4v) is 2.84. The molecule has 1 fully saturated rings. The van der Waals surface area contributed by atoms with E-state index < -0.39 is 12.1 Å². The van der Waals surface area contributed by atoms with E-state index in [-0.39, 0.29) is 17.4 Å². The van der Waals surface area contributed by atoms with Crippen molar-refractivity contribution < 1.29 is 9.59 Å². The SMILES string of the molecule is C=CC[C@@H]1N(C(=O)[C@H](C)NC(N)=O)CCCC1(C)C. The highest BCUT2D eigenvalue weighted by Crippen LogP contribution is 2.37. The number of rotatable bonds is 4. The summed E-state index contributed by atoms with van der Waals surface area (Å²) in [6, 6.07) is -1.13. The predicted octanol–water partition coefficient (Wildman–Crippen LogP) is 1.64. The van der Waals surface area contributed by atoms with Gasteiger partial charge in [0.05, 0.1) is 0 Å². The molecular formula is C14H25N3O2. The number of carbonyl (C=O) groups excluding carboxylic acids is 2. The van der Waals surface area contributed by atoms with Gasteiger partial charge < -0.3 is 16.0 Å². The summed E-state index contributed by atoms with van der Waals surface area (Å²) in [5, 5.41) is 2.45. The van der Waals surface area contributed by atoms with Gasteiger partial charge >= 0.3 is 6.03 Å². The predicted molar refractivity (Wildman–Crippen MR) is 75.5 cm³/mol. The zero-order valence-corrected chi connectivity index (χ0v) is 12.1. The van der Waals surface area contributed by atoms with Crippen LogP contribution in [0.1, 0.15) is 40.0 Å². The Kier molecular flexibility index (Phi) is 4.97. The topological polar surface area (TPSA) is 75.4 Å². The first-order chi connectivity index (χ1) is 8.79. The van der Waals surface area contributed by atoms with Crippen LogP contribution in [0.5, 0.6) is 0 Å².